The van der Waals surface area contributed by atoms with E-state index < -0.39 is 5.97 Å². The van der Waals surface area contributed by atoms with Crippen LogP contribution in [0.25, 0.3) is 0 Å². The summed E-state index contributed by atoms with van der Waals surface area (Å²) in [6.07, 6.45) is 2.37. The van der Waals surface area contributed by atoms with E-state index in [2.05, 4.69) is 4.90 Å². The maximum Gasteiger partial charge on any atom is 0.335 e. The number of ether oxygens (including phenoxy) is 2. The Morgan fingerprint density at radius 1 is 1.35 bits per heavy atom. The summed E-state index contributed by atoms with van der Waals surface area (Å²) in [6.45, 7) is 2.62. The van der Waals surface area contributed by atoms with Crippen LogP contribution in [0, 0.1) is 0 Å². The number of hydrogen-bond donors (Lipinski definition) is 1. The molecule has 0 radical (unpaired) electrons. The van der Waals surface area contributed by atoms with E-state index >= 15 is 0 Å². The van der Waals surface area contributed by atoms with E-state index in [1.807, 2.05) is 0 Å². The van der Waals surface area contributed by atoms with E-state index in [-0.39, 0.29) is 0 Å². The molecule has 1 aliphatic rings. The molecular weight excluding hydrogens is 258 g/mol. The molecule has 1 saturated heterocycles. The zero-order valence-corrected chi connectivity index (χ0v) is 12.0. The van der Waals surface area contributed by atoms with Gasteiger partial charge in [-0.1, -0.05) is 0 Å². The summed E-state index contributed by atoms with van der Waals surface area (Å²) >= 11 is 0. The van der Waals surface area contributed by atoms with E-state index in [1.165, 1.54) is 0 Å². The van der Waals surface area contributed by atoms with Gasteiger partial charge in [0.1, 0.15) is 5.75 Å². The number of methoxy groups -OCH3 is 2. The highest BCUT2D eigenvalue weighted by Crippen LogP contribution is 2.23. The maximum atomic E-state index is 11.1. The summed E-state index contributed by atoms with van der Waals surface area (Å²) in [4.78, 5) is 13.4. The molecule has 0 aliphatic carbocycles. The van der Waals surface area contributed by atoms with Gasteiger partial charge in [0, 0.05) is 32.3 Å². The number of benzene rings is 1. The Labute approximate surface area is 119 Å². The van der Waals surface area contributed by atoms with Gasteiger partial charge in [-0.05, 0) is 31.0 Å². The zero-order valence-electron chi connectivity index (χ0n) is 12.0. The smallest absolute Gasteiger partial charge is 0.335 e. The molecule has 0 atom stereocenters. The first kappa shape index (κ1) is 14.8. The average molecular weight is 279 g/mol. The first-order chi connectivity index (χ1) is 9.63. The van der Waals surface area contributed by atoms with Crippen LogP contribution < -0.4 is 4.74 Å². The van der Waals surface area contributed by atoms with Crippen LogP contribution in [-0.4, -0.2) is 49.4 Å². The Morgan fingerprint density at radius 2 is 2.05 bits per heavy atom. The molecule has 5 nitrogen and oxygen atoms in total. The Balaban J connectivity index is 2.08. The van der Waals surface area contributed by atoms with Crippen molar-refractivity contribution in [2.75, 3.05) is 27.3 Å². The maximum absolute atomic E-state index is 11.1. The molecule has 0 saturated carbocycles. The second-order valence-electron chi connectivity index (χ2n) is 5.04. The molecule has 0 unspecified atom stereocenters. The van der Waals surface area contributed by atoms with Crippen LogP contribution in [0.15, 0.2) is 18.2 Å². The number of rotatable bonds is 5. The predicted molar refractivity (Wildman–Crippen MR) is 75.3 cm³/mol. The lowest BCUT2D eigenvalue weighted by Crippen LogP contribution is -2.36. The van der Waals surface area contributed by atoms with Crippen LogP contribution in [0.1, 0.15) is 28.8 Å². The van der Waals surface area contributed by atoms with Crippen LogP contribution >= 0.6 is 0 Å². The lowest BCUT2D eigenvalue weighted by molar-refractivity contribution is 0.0387. The van der Waals surface area contributed by atoms with Gasteiger partial charge in [-0.25, -0.2) is 4.79 Å². The van der Waals surface area contributed by atoms with Crippen molar-refractivity contribution in [1.29, 1.82) is 0 Å². The number of aromatic carboxylic acids is 1. The monoisotopic (exact) mass is 279 g/mol. The quantitative estimate of drug-likeness (QED) is 0.893. The molecule has 0 bridgehead atoms. The number of carboxylic acids is 1. The summed E-state index contributed by atoms with van der Waals surface area (Å²) in [6, 6.07) is 4.99. The van der Waals surface area contributed by atoms with E-state index in [9.17, 15) is 4.79 Å². The fourth-order valence-corrected chi connectivity index (χ4v) is 2.58. The van der Waals surface area contributed by atoms with Crippen LogP contribution in [0.2, 0.25) is 0 Å². The number of piperidine rings is 1. The van der Waals surface area contributed by atoms with Gasteiger partial charge in [0.15, 0.2) is 0 Å². The zero-order chi connectivity index (χ0) is 14.5. The lowest BCUT2D eigenvalue weighted by Gasteiger charge is -2.31. The molecule has 0 spiro atoms. The molecule has 20 heavy (non-hydrogen) atoms. The summed E-state index contributed by atoms with van der Waals surface area (Å²) in [7, 11) is 3.36. The Bertz CT molecular complexity index is 467. The van der Waals surface area contributed by atoms with Crippen LogP contribution in [0.3, 0.4) is 0 Å². The second kappa shape index (κ2) is 6.72. The molecule has 1 fully saturated rings. The predicted octanol–water partition coefficient (Wildman–Crippen LogP) is 2.00. The largest absolute Gasteiger partial charge is 0.496 e. The molecule has 1 aliphatic heterocycles. The second-order valence-corrected chi connectivity index (χ2v) is 5.04. The third-order valence-electron chi connectivity index (χ3n) is 3.79. The first-order valence-electron chi connectivity index (χ1n) is 6.79. The van der Waals surface area contributed by atoms with E-state index in [0.29, 0.717) is 18.2 Å². The van der Waals surface area contributed by atoms with Crippen molar-refractivity contribution in [3.63, 3.8) is 0 Å². The van der Waals surface area contributed by atoms with Gasteiger partial charge in [0.05, 0.1) is 18.8 Å². The fourth-order valence-electron chi connectivity index (χ4n) is 2.58. The molecule has 2 rings (SSSR count). The molecule has 5 heteroatoms. The SMILES string of the molecule is COc1ccc(C(=O)O)cc1CN1CCC(OC)CC1. The third-order valence-corrected chi connectivity index (χ3v) is 3.79. The molecule has 1 aromatic carbocycles. The summed E-state index contributed by atoms with van der Waals surface area (Å²) in [5, 5.41) is 9.07. The van der Waals surface area contributed by atoms with E-state index in [4.69, 9.17) is 14.6 Å². The fraction of sp³-hybridized carbons (Fsp3) is 0.533. The third kappa shape index (κ3) is 3.49. The number of likely N-dealkylation sites (tertiary alicyclic amines) is 1. The molecule has 110 valence electrons. The summed E-state index contributed by atoms with van der Waals surface area (Å²) < 4.78 is 10.7. The number of carbonyl (C=O) groups is 1. The van der Waals surface area contributed by atoms with E-state index in [1.54, 1.807) is 32.4 Å². The van der Waals surface area contributed by atoms with Gasteiger partial charge in [-0.2, -0.15) is 0 Å². The number of hydrogen-bond acceptors (Lipinski definition) is 4. The van der Waals surface area contributed by atoms with Gasteiger partial charge in [0.2, 0.25) is 0 Å². The van der Waals surface area contributed by atoms with Crippen molar-refractivity contribution >= 4 is 5.97 Å². The molecule has 1 heterocycles. The van der Waals surface area contributed by atoms with Crippen molar-refractivity contribution in [2.45, 2.75) is 25.5 Å². The Hall–Kier alpha value is -1.59. The average Bonchev–Trinajstić information content (AvgIpc) is 2.48. The molecule has 1 aromatic rings. The molecular formula is C15H21NO4. The van der Waals surface area contributed by atoms with Crippen molar-refractivity contribution in [1.82, 2.24) is 4.90 Å². The van der Waals surface area contributed by atoms with E-state index in [0.717, 1.165) is 37.2 Å². The van der Waals surface area contributed by atoms with Crippen molar-refractivity contribution in [3.05, 3.63) is 29.3 Å². The van der Waals surface area contributed by atoms with Gasteiger partial charge in [0.25, 0.3) is 0 Å². The Morgan fingerprint density at radius 3 is 2.60 bits per heavy atom. The highest BCUT2D eigenvalue weighted by Gasteiger charge is 2.20. The van der Waals surface area contributed by atoms with Gasteiger partial charge in [-0.15, -0.1) is 0 Å². The van der Waals surface area contributed by atoms with Gasteiger partial charge >= 0.3 is 5.97 Å². The summed E-state index contributed by atoms with van der Waals surface area (Å²) in [5.41, 5.74) is 1.22. The molecule has 0 amide bonds. The number of nitrogens with zero attached hydrogens (tertiary/aromatic N) is 1. The first-order valence-corrected chi connectivity index (χ1v) is 6.79. The van der Waals surface area contributed by atoms with Crippen molar-refractivity contribution in [3.8, 4) is 5.75 Å². The van der Waals surface area contributed by atoms with Gasteiger partial charge < -0.3 is 14.6 Å². The van der Waals surface area contributed by atoms with Gasteiger partial charge in [-0.3, -0.25) is 4.90 Å². The Kier molecular flexibility index (Phi) is 4.98. The van der Waals surface area contributed by atoms with Crippen molar-refractivity contribution in [2.24, 2.45) is 0 Å². The highest BCUT2D eigenvalue weighted by atomic mass is 16.5. The lowest BCUT2D eigenvalue weighted by atomic mass is 10.0. The van der Waals surface area contributed by atoms with Crippen molar-refractivity contribution < 1.29 is 19.4 Å². The minimum atomic E-state index is -0.910. The standard InChI is InChI=1S/C15H21NO4/c1-19-13-5-7-16(8-6-13)10-12-9-11(15(17)18)3-4-14(12)20-2/h3-4,9,13H,5-8,10H2,1-2H3,(H,17,18). The highest BCUT2D eigenvalue weighted by molar-refractivity contribution is 5.88. The van der Waals surface area contributed by atoms with Crippen LogP contribution in [0.5, 0.6) is 5.75 Å². The number of carboxylic acid groups (broad SMARTS) is 1. The van der Waals surface area contributed by atoms with Crippen LogP contribution in [0.4, 0.5) is 0 Å². The topological polar surface area (TPSA) is 59.0 Å². The minimum Gasteiger partial charge on any atom is -0.496 e. The molecule has 0 aromatic heterocycles. The molecule has 1 N–H and O–H groups in total. The van der Waals surface area contributed by atoms with Crippen LogP contribution in [-0.2, 0) is 11.3 Å². The normalized spacial score (nSPS) is 17.1. The summed E-state index contributed by atoms with van der Waals surface area (Å²) in [5.74, 6) is -0.171. The minimum absolute atomic E-state index is 0.299.